The van der Waals surface area contributed by atoms with E-state index in [1.165, 1.54) is 0 Å². The van der Waals surface area contributed by atoms with Crippen LogP contribution in [0.15, 0.2) is 24.5 Å². The smallest absolute Gasteiger partial charge is 0.244 e. The summed E-state index contributed by atoms with van der Waals surface area (Å²) in [5.41, 5.74) is 0.946. The number of carbonyl (C=O) groups is 1. The van der Waals surface area contributed by atoms with E-state index < -0.39 is 0 Å². The minimum absolute atomic E-state index is 0.0770. The Morgan fingerprint density at radius 3 is 2.41 bits per heavy atom. The van der Waals surface area contributed by atoms with Gasteiger partial charge in [-0.1, -0.05) is 6.92 Å². The molecule has 0 bridgehead atoms. The van der Waals surface area contributed by atoms with Crippen LogP contribution in [0.5, 0.6) is 0 Å². The Balaban J connectivity index is 2.34. The van der Waals surface area contributed by atoms with Gasteiger partial charge in [-0.25, -0.2) is 0 Å². The molecule has 0 spiro atoms. The molecule has 1 fully saturated rings. The summed E-state index contributed by atoms with van der Waals surface area (Å²) in [6.45, 7) is 12.7. The zero-order valence-electron chi connectivity index (χ0n) is 14.2. The minimum atomic E-state index is -0.244. The summed E-state index contributed by atoms with van der Waals surface area (Å²) in [4.78, 5) is 21.5. The van der Waals surface area contributed by atoms with Gasteiger partial charge in [0, 0.05) is 44.1 Å². The van der Waals surface area contributed by atoms with Crippen molar-refractivity contribution >= 4 is 5.91 Å². The van der Waals surface area contributed by atoms with Crippen LogP contribution in [0.1, 0.15) is 39.3 Å². The summed E-state index contributed by atoms with van der Waals surface area (Å²) in [5, 5.41) is 3.30. The molecule has 0 aromatic carbocycles. The van der Waals surface area contributed by atoms with Crippen LogP contribution in [-0.2, 0) is 4.79 Å². The molecule has 1 amide bonds. The Morgan fingerprint density at radius 2 is 1.91 bits per heavy atom. The standard InChI is InChI=1S/C17H28N4O/c1-5-21(17(2,3)4)15(14-6-8-18-9-7-14)16(22)20-12-10-19-11-13-20/h6-9,15,19H,5,10-13H2,1-4H3. The predicted molar refractivity (Wildman–Crippen MR) is 88.6 cm³/mol. The molecule has 1 aromatic heterocycles. The zero-order chi connectivity index (χ0) is 16.2. The third-order valence-electron chi connectivity index (χ3n) is 4.20. The van der Waals surface area contributed by atoms with E-state index >= 15 is 0 Å². The lowest BCUT2D eigenvalue weighted by Gasteiger charge is -2.42. The summed E-state index contributed by atoms with van der Waals surface area (Å²) < 4.78 is 0. The van der Waals surface area contributed by atoms with Gasteiger partial charge in [-0.2, -0.15) is 0 Å². The van der Waals surface area contributed by atoms with Crippen molar-refractivity contribution in [2.75, 3.05) is 32.7 Å². The number of amides is 1. The Morgan fingerprint density at radius 1 is 1.32 bits per heavy atom. The first kappa shape index (κ1) is 16.9. The monoisotopic (exact) mass is 304 g/mol. The van der Waals surface area contributed by atoms with Gasteiger partial charge in [0.2, 0.25) is 5.91 Å². The van der Waals surface area contributed by atoms with Crippen LogP contribution in [0.25, 0.3) is 0 Å². The van der Waals surface area contributed by atoms with Crippen LogP contribution < -0.4 is 5.32 Å². The maximum absolute atomic E-state index is 13.2. The Hall–Kier alpha value is -1.46. The Kier molecular flexibility index (Phi) is 5.53. The third kappa shape index (κ3) is 3.84. The number of hydrogen-bond donors (Lipinski definition) is 1. The van der Waals surface area contributed by atoms with E-state index in [2.05, 4.69) is 42.9 Å². The fourth-order valence-corrected chi connectivity index (χ4v) is 3.10. The fraction of sp³-hybridized carbons (Fsp3) is 0.647. The summed E-state index contributed by atoms with van der Waals surface area (Å²) in [6, 6.07) is 3.67. The molecule has 2 heterocycles. The summed E-state index contributed by atoms with van der Waals surface area (Å²) in [7, 11) is 0. The van der Waals surface area contributed by atoms with Crippen molar-refractivity contribution in [1.82, 2.24) is 20.1 Å². The third-order valence-corrected chi connectivity index (χ3v) is 4.20. The zero-order valence-corrected chi connectivity index (χ0v) is 14.2. The van der Waals surface area contributed by atoms with Crippen LogP contribution in [-0.4, -0.2) is 59.0 Å². The molecule has 1 aliphatic rings. The van der Waals surface area contributed by atoms with Gasteiger partial charge in [-0.05, 0) is 45.0 Å². The first-order valence-corrected chi connectivity index (χ1v) is 8.11. The van der Waals surface area contributed by atoms with Crippen molar-refractivity contribution in [3.8, 4) is 0 Å². The van der Waals surface area contributed by atoms with Gasteiger partial charge in [-0.3, -0.25) is 14.7 Å². The molecule has 0 aliphatic carbocycles. The molecule has 0 saturated carbocycles. The topological polar surface area (TPSA) is 48.5 Å². The molecular formula is C17H28N4O. The highest BCUT2D eigenvalue weighted by molar-refractivity contribution is 5.83. The number of nitrogens with one attached hydrogen (secondary N) is 1. The number of hydrogen-bond acceptors (Lipinski definition) is 4. The molecule has 22 heavy (non-hydrogen) atoms. The average molecular weight is 304 g/mol. The number of aromatic nitrogens is 1. The van der Waals surface area contributed by atoms with Crippen LogP contribution in [0.4, 0.5) is 0 Å². The van der Waals surface area contributed by atoms with E-state index in [9.17, 15) is 4.79 Å². The lowest BCUT2D eigenvalue weighted by Crippen LogP contribution is -2.54. The average Bonchev–Trinajstić information content (AvgIpc) is 2.52. The van der Waals surface area contributed by atoms with E-state index in [1.807, 2.05) is 17.0 Å². The Bertz CT molecular complexity index is 477. The second kappa shape index (κ2) is 7.20. The molecule has 1 saturated heterocycles. The van der Waals surface area contributed by atoms with Crippen molar-refractivity contribution in [1.29, 1.82) is 0 Å². The molecule has 2 rings (SSSR count). The van der Waals surface area contributed by atoms with E-state index in [0.29, 0.717) is 0 Å². The van der Waals surface area contributed by atoms with Crippen LogP contribution in [0.3, 0.4) is 0 Å². The first-order chi connectivity index (χ1) is 10.4. The molecule has 1 unspecified atom stereocenters. The molecule has 1 aliphatic heterocycles. The quantitative estimate of drug-likeness (QED) is 0.919. The minimum Gasteiger partial charge on any atom is -0.338 e. The summed E-state index contributed by atoms with van der Waals surface area (Å²) in [5.74, 6) is 0.199. The number of likely N-dealkylation sites (N-methyl/N-ethyl adjacent to an activating group) is 1. The molecular weight excluding hydrogens is 276 g/mol. The van der Waals surface area contributed by atoms with Gasteiger partial charge in [0.1, 0.15) is 6.04 Å². The van der Waals surface area contributed by atoms with Gasteiger partial charge >= 0.3 is 0 Å². The maximum Gasteiger partial charge on any atom is 0.244 e. The number of pyridine rings is 1. The molecule has 5 heteroatoms. The predicted octanol–water partition coefficient (Wildman–Crippen LogP) is 1.67. The largest absolute Gasteiger partial charge is 0.338 e. The summed E-state index contributed by atoms with van der Waals surface area (Å²) >= 11 is 0. The van der Waals surface area contributed by atoms with Gasteiger partial charge in [0.25, 0.3) is 0 Å². The fourth-order valence-electron chi connectivity index (χ4n) is 3.10. The normalized spacial score (nSPS) is 17.6. The lowest BCUT2D eigenvalue weighted by molar-refractivity contribution is -0.140. The second-order valence-electron chi connectivity index (χ2n) is 6.72. The van der Waals surface area contributed by atoms with Gasteiger partial charge in [0.15, 0.2) is 0 Å². The van der Waals surface area contributed by atoms with Crippen molar-refractivity contribution in [2.45, 2.75) is 39.3 Å². The Labute approximate surface area is 133 Å². The highest BCUT2D eigenvalue weighted by Gasteiger charge is 2.36. The molecule has 5 nitrogen and oxygen atoms in total. The van der Waals surface area contributed by atoms with Crippen LogP contribution in [0.2, 0.25) is 0 Å². The van der Waals surface area contributed by atoms with E-state index in [-0.39, 0.29) is 17.5 Å². The number of rotatable bonds is 4. The van der Waals surface area contributed by atoms with Crippen molar-refractivity contribution in [2.24, 2.45) is 0 Å². The van der Waals surface area contributed by atoms with Crippen LogP contribution >= 0.6 is 0 Å². The molecule has 1 aromatic rings. The molecule has 1 N–H and O–H groups in total. The molecule has 122 valence electrons. The number of nitrogens with zero attached hydrogens (tertiary/aromatic N) is 3. The number of piperazine rings is 1. The second-order valence-corrected chi connectivity index (χ2v) is 6.72. The van der Waals surface area contributed by atoms with E-state index in [4.69, 9.17) is 0 Å². The molecule has 1 atom stereocenters. The molecule has 0 radical (unpaired) electrons. The van der Waals surface area contributed by atoms with Crippen molar-refractivity contribution < 1.29 is 4.79 Å². The lowest BCUT2D eigenvalue weighted by atomic mass is 9.97. The van der Waals surface area contributed by atoms with Gasteiger partial charge in [0.05, 0.1) is 0 Å². The SMILES string of the molecule is CCN(C(C(=O)N1CCNCC1)c1ccncc1)C(C)(C)C. The van der Waals surface area contributed by atoms with E-state index in [0.717, 1.165) is 38.3 Å². The number of carbonyl (C=O) groups excluding carboxylic acids is 1. The van der Waals surface area contributed by atoms with Crippen molar-refractivity contribution in [3.05, 3.63) is 30.1 Å². The van der Waals surface area contributed by atoms with Crippen molar-refractivity contribution in [3.63, 3.8) is 0 Å². The highest BCUT2D eigenvalue weighted by Crippen LogP contribution is 2.29. The maximum atomic E-state index is 13.2. The van der Waals surface area contributed by atoms with Gasteiger partial charge in [-0.15, -0.1) is 0 Å². The highest BCUT2D eigenvalue weighted by atomic mass is 16.2. The van der Waals surface area contributed by atoms with E-state index in [1.54, 1.807) is 12.4 Å². The van der Waals surface area contributed by atoms with Gasteiger partial charge < -0.3 is 10.2 Å². The summed E-state index contributed by atoms with van der Waals surface area (Å²) in [6.07, 6.45) is 3.54. The first-order valence-electron chi connectivity index (χ1n) is 8.11. The van der Waals surface area contributed by atoms with Crippen LogP contribution in [0, 0.1) is 0 Å².